The molecule has 4 rings (SSSR count). The fraction of sp³-hybridized carbons (Fsp3) is 0.269. The number of halogens is 4. The van der Waals surface area contributed by atoms with Crippen LogP contribution >= 0.6 is 11.6 Å². The van der Waals surface area contributed by atoms with E-state index in [9.17, 15) is 23.1 Å². The maximum absolute atomic E-state index is 12.0. The van der Waals surface area contributed by atoms with Crippen molar-refractivity contribution >= 4 is 39.1 Å². The summed E-state index contributed by atoms with van der Waals surface area (Å²) in [5.74, 6) is 0.832. The number of aromatic nitrogens is 1. The Morgan fingerprint density at radius 2 is 1.79 bits per heavy atom. The van der Waals surface area contributed by atoms with Crippen LogP contribution in [0.3, 0.4) is 0 Å². The highest BCUT2D eigenvalue weighted by atomic mass is 35.5. The monoisotopic (exact) mass is 491 g/mol. The molecule has 0 saturated heterocycles. The van der Waals surface area contributed by atoms with Gasteiger partial charge in [0.15, 0.2) is 5.78 Å². The number of phenols is 1. The summed E-state index contributed by atoms with van der Waals surface area (Å²) in [4.78, 5) is 13.9. The molecule has 0 spiro atoms. The molecule has 0 aliphatic carbocycles. The minimum absolute atomic E-state index is 0.181. The third kappa shape index (κ3) is 5.83. The average molecular weight is 492 g/mol. The Balaban J connectivity index is 0.000000191. The summed E-state index contributed by atoms with van der Waals surface area (Å²) < 4.78 is 39.8. The van der Waals surface area contributed by atoms with Gasteiger partial charge in [0.25, 0.3) is 0 Å². The Morgan fingerprint density at radius 1 is 1.12 bits per heavy atom. The van der Waals surface area contributed by atoms with Gasteiger partial charge in [0.1, 0.15) is 11.5 Å². The van der Waals surface area contributed by atoms with Gasteiger partial charge in [-0.3, -0.25) is 4.79 Å². The first kappa shape index (κ1) is 25.4. The second-order valence-electron chi connectivity index (χ2n) is 7.97. The maximum Gasteiger partial charge on any atom is 0.573 e. The number of H-pyrrole nitrogens is 1. The van der Waals surface area contributed by atoms with Gasteiger partial charge in [-0.1, -0.05) is 31.2 Å². The highest BCUT2D eigenvalue weighted by Gasteiger charge is 2.31. The first-order valence-corrected chi connectivity index (χ1v) is 11.2. The number of aromatic hydroxyl groups is 1. The third-order valence-corrected chi connectivity index (χ3v) is 5.94. The van der Waals surface area contributed by atoms with Gasteiger partial charge >= 0.3 is 6.36 Å². The molecular weight excluding hydrogens is 467 g/mol. The van der Waals surface area contributed by atoms with E-state index in [0.29, 0.717) is 34.1 Å². The fourth-order valence-electron chi connectivity index (χ4n) is 3.94. The SMILES string of the molecule is CC(=O)c1cc2cc(OC(F)(F)F)ccc2[nH]1.CC[C@@H](CCl)c1c(C)cc(O)c2ccccc12. The number of ether oxygens (including phenoxy) is 1. The predicted molar refractivity (Wildman–Crippen MR) is 129 cm³/mol. The van der Waals surface area contributed by atoms with E-state index in [0.717, 1.165) is 22.8 Å². The molecule has 180 valence electrons. The van der Waals surface area contributed by atoms with E-state index in [1.165, 1.54) is 36.8 Å². The van der Waals surface area contributed by atoms with Gasteiger partial charge in [0.2, 0.25) is 0 Å². The lowest BCUT2D eigenvalue weighted by molar-refractivity contribution is -0.274. The summed E-state index contributed by atoms with van der Waals surface area (Å²) in [5.41, 5.74) is 3.33. The first-order chi connectivity index (χ1) is 16.0. The second-order valence-corrected chi connectivity index (χ2v) is 8.28. The van der Waals surface area contributed by atoms with Crippen LogP contribution < -0.4 is 4.74 Å². The molecule has 1 atom stereocenters. The Labute approximate surface area is 200 Å². The Hall–Kier alpha value is -3.19. The summed E-state index contributed by atoms with van der Waals surface area (Å²) >= 11 is 6.05. The number of aryl methyl sites for hydroxylation is 1. The molecule has 2 N–H and O–H groups in total. The number of phenolic OH excluding ortho intramolecular Hbond substituents is 1. The van der Waals surface area contributed by atoms with E-state index in [4.69, 9.17) is 11.6 Å². The van der Waals surface area contributed by atoms with Gasteiger partial charge in [0.05, 0.1) is 5.69 Å². The zero-order valence-electron chi connectivity index (χ0n) is 19.0. The van der Waals surface area contributed by atoms with Crippen LogP contribution in [0.1, 0.15) is 47.8 Å². The van der Waals surface area contributed by atoms with Crippen LogP contribution in [0.15, 0.2) is 54.6 Å². The van der Waals surface area contributed by atoms with Crippen molar-refractivity contribution in [2.45, 2.75) is 39.5 Å². The van der Waals surface area contributed by atoms with Crippen LogP contribution in [0.25, 0.3) is 21.7 Å². The molecule has 0 radical (unpaired) electrons. The van der Waals surface area contributed by atoms with Crippen molar-refractivity contribution in [3.05, 3.63) is 71.4 Å². The molecule has 0 unspecified atom stereocenters. The smallest absolute Gasteiger partial charge is 0.507 e. The zero-order valence-corrected chi connectivity index (χ0v) is 19.7. The third-order valence-electron chi connectivity index (χ3n) is 5.56. The predicted octanol–water partition coefficient (Wildman–Crippen LogP) is 7.86. The van der Waals surface area contributed by atoms with Gasteiger partial charge in [-0.25, -0.2) is 0 Å². The van der Waals surface area contributed by atoms with Crippen molar-refractivity contribution in [3.8, 4) is 11.5 Å². The summed E-state index contributed by atoms with van der Waals surface area (Å²) in [6.45, 7) is 5.56. The van der Waals surface area contributed by atoms with Gasteiger partial charge < -0.3 is 14.8 Å². The number of nitrogens with one attached hydrogen (secondary N) is 1. The molecular formula is C26H25ClF3NO3. The van der Waals surface area contributed by atoms with E-state index in [-0.39, 0.29) is 11.5 Å². The summed E-state index contributed by atoms with van der Waals surface area (Å²) in [6.07, 6.45) is -3.70. The highest BCUT2D eigenvalue weighted by molar-refractivity contribution is 6.18. The van der Waals surface area contributed by atoms with Crippen LogP contribution in [0.5, 0.6) is 11.5 Å². The van der Waals surface area contributed by atoms with Crippen molar-refractivity contribution in [3.63, 3.8) is 0 Å². The van der Waals surface area contributed by atoms with Gasteiger partial charge in [-0.05, 0) is 66.1 Å². The van der Waals surface area contributed by atoms with Crippen molar-refractivity contribution in [2.75, 3.05) is 5.88 Å². The summed E-state index contributed by atoms with van der Waals surface area (Å²) in [5, 5.41) is 12.5. The maximum atomic E-state index is 12.0. The van der Waals surface area contributed by atoms with E-state index >= 15 is 0 Å². The molecule has 0 aliphatic heterocycles. The van der Waals surface area contributed by atoms with Gasteiger partial charge in [0, 0.05) is 29.1 Å². The quantitative estimate of drug-likeness (QED) is 0.220. The number of hydrogen-bond acceptors (Lipinski definition) is 3. The van der Waals surface area contributed by atoms with E-state index in [1.54, 1.807) is 0 Å². The molecule has 1 heterocycles. The number of Topliss-reactive ketones (excluding diaryl/α,β-unsaturated/α-hetero) is 1. The average Bonchev–Trinajstić information content (AvgIpc) is 3.20. The Bertz CT molecular complexity index is 1310. The number of alkyl halides is 4. The molecule has 0 saturated carbocycles. The molecule has 1 aromatic heterocycles. The molecule has 0 amide bonds. The van der Waals surface area contributed by atoms with E-state index < -0.39 is 6.36 Å². The number of ketones is 1. The molecule has 8 heteroatoms. The van der Waals surface area contributed by atoms with Gasteiger partial charge in [-0.2, -0.15) is 0 Å². The van der Waals surface area contributed by atoms with Crippen LogP contribution in [0, 0.1) is 6.92 Å². The zero-order chi connectivity index (χ0) is 25.0. The summed E-state index contributed by atoms with van der Waals surface area (Å²) in [7, 11) is 0. The molecule has 4 aromatic rings. The number of carbonyl (C=O) groups is 1. The number of rotatable bonds is 5. The largest absolute Gasteiger partial charge is 0.573 e. The number of aromatic amines is 1. The van der Waals surface area contributed by atoms with Crippen molar-refractivity contribution < 1.29 is 27.8 Å². The van der Waals surface area contributed by atoms with E-state index in [2.05, 4.69) is 22.7 Å². The topological polar surface area (TPSA) is 62.3 Å². The summed E-state index contributed by atoms with van der Waals surface area (Å²) in [6, 6.07) is 15.1. The molecule has 3 aromatic carbocycles. The number of fused-ring (bicyclic) bond motifs is 2. The van der Waals surface area contributed by atoms with Crippen molar-refractivity contribution in [2.24, 2.45) is 0 Å². The Morgan fingerprint density at radius 3 is 2.38 bits per heavy atom. The van der Waals surface area contributed by atoms with Crippen LogP contribution in [-0.4, -0.2) is 28.1 Å². The Kier molecular flexibility index (Phi) is 7.77. The van der Waals surface area contributed by atoms with Crippen molar-refractivity contribution in [1.82, 2.24) is 4.98 Å². The standard InChI is InChI=1S/C15H17ClO.C11H8F3NO2/c1-3-11(9-16)15-10(2)8-14(17)12-6-4-5-7-13(12)15;1-6(16)10-5-7-4-8(17-11(12,13)14)2-3-9(7)15-10/h4-8,11,17H,3,9H2,1-2H3;2-5,15H,1H3/t11-;/m0./s1. The van der Waals surface area contributed by atoms with Crippen molar-refractivity contribution in [1.29, 1.82) is 0 Å². The van der Waals surface area contributed by atoms with E-state index in [1.807, 2.05) is 31.2 Å². The van der Waals surface area contributed by atoms with Gasteiger partial charge in [-0.15, -0.1) is 24.8 Å². The lowest BCUT2D eigenvalue weighted by Crippen LogP contribution is -2.16. The minimum Gasteiger partial charge on any atom is -0.507 e. The minimum atomic E-state index is -4.71. The van der Waals surface area contributed by atoms with Crippen LogP contribution in [-0.2, 0) is 0 Å². The second kappa shape index (κ2) is 10.4. The molecule has 4 nitrogen and oxygen atoms in total. The fourth-order valence-corrected chi connectivity index (χ4v) is 4.32. The molecule has 0 fully saturated rings. The van der Waals surface area contributed by atoms with Crippen LogP contribution in [0.2, 0.25) is 0 Å². The molecule has 0 aliphatic rings. The lowest BCUT2D eigenvalue weighted by atomic mass is 9.89. The number of carbonyl (C=O) groups excluding carboxylic acids is 1. The lowest BCUT2D eigenvalue weighted by Gasteiger charge is -2.18. The van der Waals surface area contributed by atoms with Crippen LogP contribution in [0.4, 0.5) is 13.2 Å². The number of benzene rings is 3. The highest BCUT2D eigenvalue weighted by Crippen LogP contribution is 2.36. The molecule has 0 bridgehead atoms. The molecule has 34 heavy (non-hydrogen) atoms. The first-order valence-electron chi connectivity index (χ1n) is 10.7. The number of hydrogen-bond donors (Lipinski definition) is 2. The normalized spacial score (nSPS) is 12.3.